The van der Waals surface area contributed by atoms with Crippen molar-refractivity contribution in [1.29, 1.82) is 0 Å². The van der Waals surface area contributed by atoms with Crippen LogP contribution in [-0.2, 0) is 11.2 Å². The molecule has 2 fully saturated rings. The van der Waals surface area contributed by atoms with Crippen LogP contribution in [0.1, 0.15) is 36.4 Å². The van der Waals surface area contributed by atoms with E-state index in [1.807, 2.05) is 11.0 Å². The Kier molecular flexibility index (Phi) is 3.53. The lowest BCUT2D eigenvalue weighted by Crippen LogP contribution is -2.53. The van der Waals surface area contributed by atoms with E-state index in [1.54, 1.807) is 6.07 Å². The van der Waals surface area contributed by atoms with E-state index in [9.17, 15) is 9.18 Å². The van der Waals surface area contributed by atoms with Crippen molar-refractivity contribution >= 4 is 6.03 Å². The van der Waals surface area contributed by atoms with E-state index in [0.717, 1.165) is 17.5 Å². The molecule has 1 saturated carbocycles. The van der Waals surface area contributed by atoms with Crippen LogP contribution in [0.3, 0.4) is 0 Å². The number of rotatable bonds is 2. The number of hydrogen-bond acceptors (Lipinski definition) is 2. The largest absolute Gasteiger partial charge is 0.377 e. The average Bonchev–Trinajstić information content (AvgIpc) is 3.30. The van der Waals surface area contributed by atoms with Crippen molar-refractivity contribution in [3.63, 3.8) is 0 Å². The van der Waals surface area contributed by atoms with E-state index in [-0.39, 0.29) is 23.9 Å². The summed E-state index contributed by atoms with van der Waals surface area (Å²) in [4.78, 5) is 14.6. The van der Waals surface area contributed by atoms with Gasteiger partial charge in [-0.25, -0.2) is 9.18 Å². The van der Waals surface area contributed by atoms with Gasteiger partial charge in [0.1, 0.15) is 5.82 Å². The van der Waals surface area contributed by atoms with Gasteiger partial charge in [0.05, 0.1) is 25.3 Å². The number of nitrogens with zero attached hydrogens (tertiary/aromatic N) is 1. The first-order chi connectivity index (χ1) is 10.7. The lowest BCUT2D eigenvalue weighted by atomic mass is 10.1. The molecular formula is C17H21FN2O2. The van der Waals surface area contributed by atoms with Gasteiger partial charge >= 0.3 is 6.03 Å². The number of carbonyl (C=O) groups excluding carboxylic acids is 1. The molecule has 2 aliphatic carbocycles. The molecule has 1 saturated heterocycles. The zero-order chi connectivity index (χ0) is 15.1. The number of carbonyl (C=O) groups is 1. The molecule has 2 atom stereocenters. The van der Waals surface area contributed by atoms with E-state index in [2.05, 4.69) is 5.32 Å². The van der Waals surface area contributed by atoms with Crippen molar-refractivity contribution in [2.24, 2.45) is 5.92 Å². The Morgan fingerprint density at radius 1 is 1.32 bits per heavy atom. The highest BCUT2D eigenvalue weighted by atomic mass is 19.1. The van der Waals surface area contributed by atoms with Crippen molar-refractivity contribution in [2.45, 2.75) is 37.8 Å². The number of fused-ring (bicyclic) bond motifs is 1. The average molecular weight is 304 g/mol. The number of hydrogen-bond donors (Lipinski definition) is 1. The van der Waals surface area contributed by atoms with Gasteiger partial charge in [-0.1, -0.05) is 12.1 Å². The third-order valence-corrected chi connectivity index (χ3v) is 5.10. The van der Waals surface area contributed by atoms with Gasteiger partial charge in [-0.3, -0.25) is 0 Å². The van der Waals surface area contributed by atoms with Gasteiger partial charge in [0.25, 0.3) is 0 Å². The quantitative estimate of drug-likeness (QED) is 0.912. The minimum atomic E-state index is -0.156. The first kappa shape index (κ1) is 14.0. The maximum Gasteiger partial charge on any atom is 0.318 e. The lowest BCUT2D eigenvalue weighted by molar-refractivity contribution is 0.00412. The minimum Gasteiger partial charge on any atom is -0.377 e. The van der Waals surface area contributed by atoms with Crippen molar-refractivity contribution < 1.29 is 13.9 Å². The number of ether oxygens (including phenoxy) is 1. The molecule has 22 heavy (non-hydrogen) atoms. The summed E-state index contributed by atoms with van der Waals surface area (Å²) in [6, 6.07) is 5.26. The van der Waals surface area contributed by atoms with Gasteiger partial charge in [0, 0.05) is 6.54 Å². The predicted octanol–water partition coefficient (Wildman–Crippen LogP) is 2.63. The molecule has 1 N–H and O–H groups in total. The number of halogens is 1. The monoisotopic (exact) mass is 304 g/mol. The SMILES string of the molecule is O=C(N[C@H]1CCc2c(F)cccc21)N1CCOC[C@@H]1C1CC1. The lowest BCUT2D eigenvalue weighted by Gasteiger charge is -2.36. The summed E-state index contributed by atoms with van der Waals surface area (Å²) in [6.07, 6.45) is 3.85. The van der Waals surface area contributed by atoms with Gasteiger partial charge in [-0.15, -0.1) is 0 Å². The van der Waals surface area contributed by atoms with E-state index >= 15 is 0 Å². The van der Waals surface area contributed by atoms with Crippen LogP contribution in [-0.4, -0.2) is 36.7 Å². The molecule has 0 bridgehead atoms. The van der Waals surface area contributed by atoms with Crippen LogP contribution in [0.15, 0.2) is 18.2 Å². The zero-order valence-electron chi connectivity index (χ0n) is 12.6. The van der Waals surface area contributed by atoms with E-state index < -0.39 is 0 Å². The van der Waals surface area contributed by atoms with Crippen LogP contribution in [0.5, 0.6) is 0 Å². The number of benzene rings is 1. The second-order valence-corrected chi connectivity index (χ2v) is 6.52. The van der Waals surface area contributed by atoms with Crippen LogP contribution in [0.4, 0.5) is 9.18 Å². The zero-order valence-corrected chi connectivity index (χ0v) is 12.6. The maximum absolute atomic E-state index is 13.8. The van der Waals surface area contributed by atoms with Gasteiger partial charge < -0.3 is 15.0 Å². The maximum atomic E-state index is 13.8. The van der Waals surface area contributed by atoms with Crippen LogP contribution in [0, 0.1) is 11.7 Å². The molecule has 5 heteroatoms. The van der Waals surface area contributed by atoms with Crippen molar-refractivity contribution in [3.05, 3.63) is 35.1 Å². The van der Waals surface area contributed by atoms with E-state index in [0.29, 0.717) is 32.1 Å². The number of amides is 2. The number of morpholine rings is 1. The number of urea groups is 1. The second-order valence-electron chi connectivity index (χ2n) is 6.52. The van der Waals surface area contributed by atoms with Gasteiger partial charge in [0.2, 0.25) is 0 Å². The highest BCUT2D eigenvalue weighted by Crippen LogP contribution is 2.37. The van der Waals surface area contributed by atoms with Crippen LogP contribution < -0.4 is 5.32 Å². The molecule has 1 heterocycles. The fourth-order valence-corrected chi connectivity index (χ4v) is 3.74. The van der Waals surface area contributed by atoms with Gasteiger partial charge in [-0.05, 0) is 48.8 Å². The molecule has 4 nitrogen and oxygen atoms in total. The van der Waals surface area contributed by atoms with Crippen molar-refractivity contribution in [3.8, 4) is 0 Å². The van der Waals surface area contributed by atoms with Crippen molar-refractivity contribution in [2.75, 3.05) is 19.8 Å². The fraction of sp³-hybridized carbons (Fsp3) is 0.588. The Bertz CT molecular complexity index is 588. The standard InChI is InChI=1S/C17H21FN2O2/c18-14-3-1-2-13-12(14)6-7-15(13)19-17(21)20-8-9-22-10-16(20)11-4-5-11/h1-3,11,15-16H,4-10H2,(H,19,21)/t15-,16+/m0/s1. The summed E-state index contributed by atoms with van der Waals surface area (Å²) < 4.78 is 19.3. The number of nitrogens with one attached hydrogen (secondary N) is 1. The predicted molar refractivity (Wildman–Crippen MR) is 80.0 cm³/mol. The summed E-state index contributed by atoms with van der Waals surface area (Å²) in [5.74, 6) is 0.441. The highest BCUT2D eigenvalue weighted by molar-refractivity contribution is 5.75. The third kappa shape index (κ3) is 2.47. The Morgan fingerprint density at radius 3 is 3.00 bits per heavy atom. The molecule has 0 spiro atoms. The molecule has 1 aliphatic heterocycles. The molecule has 118 valence electrons. The van der Waals surface area contributed by atoms with Crippen LogP contribution in [0.25, 0.3) is 0 Å². The summed E-state index contributed by atoms with van der Waals surface area (Å²) >= 11 is 0. The van der Waals surface area contributed by atoms with Gasteiger partial charge in [0.15, 0.2) is 0 Å². The molecule has 1 aromatic carbocycles. The normalized spacial score (nSPS) is 27.6. The Balaban J connectivity index is 1.47. The molecule has 3 aliphatic rings. The van der Waals surface area contributed by atoms with Crippen LogP contribution >= 0.6 is 0 Å². The molecular weight excluding hydrogens is 283 g/mol. The fourth-order valence-electron chi connectivity index (χ4n) is 3.74. The molecule has 1 aromatic rings. The molecule has 2 amide bonds. The minimum absolute atomic E-state index is 0.0256. The van der Waals surface area contributed by atoms with Gasteiger partial charge in [-0.2, -0.15) is 0 Å². The molecule has 0 radical (unpaired) electrons. The third-order valence-electron chi connectivity index (χ3n) is 5.10. The second kappa shape index (κ2) is 5.54. The molecule has 0 aromatic heterocycles. The first-order valence-electron chi connectivity index (χ1n) is 8.16. The Morgan fingerprint density at radius 2 is 2.18 bits per heavy atom. The first-order valence-corrected chi connectivity index (χ1v) is 8.16. The Labute approximate surface area is 129 Å². The molecule has 4 rings (SSSR count). The summed E-state index contributed by atoms with van der Waals surface area (Å²) in [7, 11) is 0. The van der Waals surface area contributed by atoms with E-state index in [4.69, 9.17) is 4.74 Å². The van der Waals surface area contributed by atoms with E-state index in [1.165, 1.54) is 18.9 Å². The van der Waals surface area contributed by atoms with Crippen molar-refractivity contribution in [1.82, 2.24) is 10.2 Å². The topological polar surface area (TPSA) is 41.6 Å². The Hall–Kier alpha value is -1.62. The molecule has 0 unspecified atom stereocenters. The highest BCUT2D eigenvalue weighted by Gasteiger charge is 2.40. The van der Waals surface area contributed by atoms with Crippen LogP contribution in [0.2, 0.25) is 0 Å². The summed E-state index contributed by atoms with van der Waals surface area (Å²) in [5.41, 5.74) is 1.69. The summed E-state index contributed by atoms with van der Waals surface area (Å²) in [5, 5.41) is 3.11. The summed E-state index contributed by atoms with van der Waals surface area (Å²) in [6.45, 7) is 1.90. The smallest absolute Gasteiger partial charge is 0.318 e.